The molecular formula is C42H73NO13. The quantitative estimate of drug-likeness (QED) is 0.169. The van der Waals surface area contributed by atoms with Gasteiger partial charge in [0.2, 0.25) is 0 Å². The van der Waals surface area contributed by atoms with Crippen LogP contribution in [-0.2, 0) is 52.3 Å². The molecule has 0 amide bonds. The molecule has 17 atom stereocenters. The molecule has 324 valence electrons. The zero-order valence-electron chi connectivity index (χ0n) is 36.6. The molecule has 0 spiro atoms. The number of hydrogen-bond donors (Lipinski definition) is 2. The number of methoxy groups -OCH3 is 2. The average Bonchev–Trinajstić information content (AvgIpc) is 3.11. The van der Waals surface area contributed by atoms with E-state index in [4.69, 9.17) is 37.9 Å². The number of ether oxygens (including phenoxy) is 8. The van der Waals surface area contributed by atoms with Gasteiger partial charge in [-0.25, -0.2) is 0 Å². The Balaban J connectivity index is 2.25. The molecule has 0 saturated carbocycles. The summed E-state index contributed by atoms with van der Waals surface area (Å²) in [6, 6.07) is -0.251. The number of carbonyl (C=O) groups is 3. The molecule has 2 fully saturated rings. The molecule has 56 heavy (non-hydrogen) atoms. The predicted molar refractivity (Wildman–Crippen MR) is 208 cm³/mol. The molecule has 14 heteroatoms. The molecule has 2 N–H and O–H groups in total. The molecule has 0 aromatic carbocycles. The summed E-state index contributed by atoms with van der Waals surface area (Å²) in [6.07, 6.45) is -3.10. The largest absolute Gasteiger partial charge is 0.459 e. The van der Waals surface area contributed by atoms with Crippen LogP contribution >= 0.6 is 0 Å². The summed E-state index contributed by atoms with van der Waals surface area (Å²) in [7, 11) is 6.95. The Morgan fingerprint density at radius 1 is 1.00 bits per heavy atom. The number of allylic oxidation sites excluding steroid dienone is 1. The van der Waals surface area contributed by atoms with E-state index in [-0.39, 0.29) is 37.3 Å². The molecule has 0 aliphatic carbocycles. The monoisotopic (exact) mass is 800 g/mol. The van der Waals surface area contributed by atoms with Gasteiger partial charge in [0.15, 0.2) is 18.7 Å². The normalized spacial score (nSPS) is 45.6. The zero-order valence-corrected chi connectivity index (χ0v) is 36.6. The molecule has 2 saturated heterocycles. The number of aliphatic hydroxyl groups excluding tert-OH is 1. The number of hydrogen-bond acceptors (Lipinski definition) is 14. The van der Waals surface area contributed by atoms with Crippen LogP contribution in [0.3, 0.4) is 0 Å². The van der Waals surface area contributed by atoms with Crippen LogP contribution in [0.2, 0.25) is 0 Å². The van der Waals surface area contributed by atoms with Crippen LogP contribution in [0.4, 0.5) is 0 Å². The minimum Gasteiger partial charge on any atom is -0.459 e. The second kappa shape index (κ2) is 19.8. The minimum atomic E-state index is -1.59. The molecular weight excluding hydrogens is 726 g/mol. The third-order valence-electron chi connectivity index (χ3n) is 12.7. The van der Waals surface area contributed by atoms with E-state index < -0.39 is 95.7 Å². The van der Waals surface area contributed by atoms with Gasteiger partial charge in [0.05, 0.1) is 35.9 Å². The predicted octanol–water partition coefficient (Wildman–Crippen LogP) is 4.60. The summed E-state index contributed by atoms with van der Waals surface area (Å²) in [5.41, 5.74) is -2.88. The van der Waals surface area contributed by atoms with Gasteiger partial charge < -0.3 is 57.8 Å². The van der Waals surface area contributed by atoms with E-state index in [2.05, 4.69) is 0 Å². The summed E-state index contributed by atoms with van der Waals surface area (Å²) >= 11 is 0. The van der Waals surface area contributed by atoms with Crippen molar-refractivity contribution in [3.05, 3.63) is 11.6 Å². The second-order valence-corrected chi connectivity index (χ2v) is 17.5. The van der Waals surface area contributed by atoms with E-state index in [1.807, 2.05) is 73.5 Å². The number of nitrogens with zero attached hydrogens (tertiary/aromatic N) is 1. The highest BCUT2D eigenvalue weighted by Crippen LogP contribution is 2.42. The van der Waals surface area contributed by atoms with Gasteiger partial charge in [-0.3, -0.25) is 9.59 Å². The van der Waals surface area contributed by atoms with E-state index >= 15 is 0 Å². The van der Waals surface area contributed by atoms with Gasteiger partial charge in [0.1, 0.15) is 29.7 Å². The molecule has 3 aliphatic heterocycles. The summed E-state index contributed by atoms with van der Waals surface area (Å²) in [5.74, 6) is -3.51. The van der Waals surface area contributed by atoms with Gasteiger partial charge in [-0.2, -0.15) is 0 Å². The Bertz CT molecular complexity index is 1340. The average molecular weight is 800 g/mol. The van der Waals surface area contributed by atoms with Crippen LogP contribution in [0.15, 0.2) is 11.6 Å². The van der Waals surface area contributed by atoms with Gasteiger partial charge in [-0.15, -0.1) is 0 Å². The zero-order chi connectivity index (χ0) is 42.5. The highest BCUT2D eigenvalue weighted by atomic mass is 16.7. The Kier molecular flexibility index (Phi) is 17.1. The van der Waals surface area contributed by atoms with Crippen molar-refractivity contribution in [2.75, 3.05) is 28.3 Å². The summed E-state index contributed by atoms with van der Waals surface area (Å²) in [4.78, 5) is 40.5. The van der Waals surface area contributed by atoms with Crippen LogP contribution in [0.1, 0.15) is 108 Å². The standard InChI is InChI=1S/C42H73NO13/c1-16-32-42(11,48)30(17-18-44)24(3)19-23(2)21-40(9,49-14)36(56-39-34(46)31(43(12)13)20-25(4)51-39)26(5)35(27(6)38(47)54-32)55-33-22-41(10,50-15)37(28(7)52-33)53-29(8)45/h18-19,23,25-28,30-37,39,46,48H,16-17,20-22H2,1-15H3/b24-19-/t23-,25+,26-,27+,28-,30+,31-,32+,33-,34+,35-,36+,37-,39-,40+,41+,42-/m0/s1. The topological polar surface area (TPSA) is 169 Å². The summed E-state index contributed by atoms with van der Waals surface area (Å²) in [5, 5.41) is 23.8. The minimum absolute atomic E-state index is 0.0215. The molecule has 14 nitrogen and oxygen atoms in total. The van der Waals surface area contributed by atoms with Crippen molar-refractivity contribution in [3.63, 3.8) is 0 Å². The number of cyclic esters (lactones) is 1. The first-order valence-corrected chi connectivity index (χ1v) is 20.3. The van der Waals surface area contributed by atoms with Crippen molar-refractivity contribution in [2.45, 2.75) is 186 Å². The lowest BCUT2D eigenvalue weighted by molar-refractivity contribution is -0.320. The van der Waals surface area contributed by atoms with Gasteiger partial charge >= 0.3 is 11.9 Å². The number of aliphatic hydroxyl groups is 2. The third kappa shape index (κ3) is 11.0. The van der Waals surface area contributed by atoms with E-state index in [9.17, 15) is 24.6 Å². The van der Waals surface area contributed by atoms with Gasteiger partial charge in [0, 0.05) is 51.9 Å². The van der Waals surface area contributed by atoms with E-state index in [1.54, 1.807) is 27.9 Å². The number of rotatable bonds is 11. The Morgan fingerprint density at radius 2 is 1.61 bits per heavy atom. The van der Waals surface area contributed by atoms with E-state index in [1.165, 1.54) is 14.0 Å². The fourth-order valence-electron chi connectivity index (χ4n) is 9.43. The lowest BCUT2D eigenvalue weighted by Crippen LogP contribution is -2.61. The first-order valence-electron chi connectivity index (χ1n) is 20.3. The maximum atomic E-state index is 14.4. The van der Waals surface area contributed by atoms with Crippen molar-refractivity contribution in [3.8, 4) is 0 Å². The van der Waals surface area contributed by atoms with Crippen LogP contribution < -0.4 is 0 Å². The number of aldehydes is 1. The molecule has 0 bridgehead atoms. The molecule has 3 heterocycles. The fourth-order valence-corrected chi connectivity index (χ4v) is 9.43. The number of carbonyl (C=O) groups excluding carboxylic acids is 3. The third-order valence-corrected chi connectivity index (χ3v) is 12.7. The Hall–Kier alpha value is -2.01. The van der Waals surface area contributed by atoms with E-state index in [0.717, 1.165) is 11.9 Å². The van der Waals surface area contributed by atoms with Crippen LogP contribution in [0, 0.1) is 23.7 Å². The Labute approximate surface area is 335 Å². The summed E-state index contributed by atoms with van der Waals surface area (Å²) < 4.78 is 50.7. The molecule has 0 radical (unpaired) electrons. The first-order chi connectivity index (χ1) is 26.0. The van der Waals surface area contributed by atoms with Gasteiger partial charge in [-0.1, -0.05) is 32.4 Å². The van der Waals surface area contributed by atoms with E-state index in [0.29, 0.717) is 12.8 Å². The lowest BCUT2D eigenvalue weighted by atomic mass is 9.74. The molecule has 3 aliphatic rings. The summed E-state index contributed by atoms with van der Waals surface area (Å²) in [6.45, 7) is 19.8. The van der Waals surface area contributed by atoms with Crippen molar-refractivity contribution in [2.24, 2.45) is 23.7 Å². The molecule has 3 rings (SSSR count). The van der Waals surface area contributed by atoms with Crippen molar-refractivity contribution < 1.29 is 62.5 Å². The van der Waals surface area contributed by atoms with Crippen LogP contribution in [0.25, 0.3) is 0 Å². The number of esters is 2. The lowest BCUT2D eigenvalue weighted by Gasteiger charge is -2.50. The second-order valence-electron chi connectivity index (χ2n) is 17.5. The molecule has 0 aromatic rings. The highest BCUT2D eigenvalue weighted by Gasteiger charge is 2.53. The number of likely N-dealkylation sites (N-methyl/N-ethyl adjacent to an activating group) is 1. The molecule has 0 aromatic heterocycles. The first kappa shape index (κ1) is 48.4. The van der Waals surface area contributed by atoms with Crippen molar-refractivity contribution in [1.82, 2.24) is 4.90 Å². The maximum Gasteiger partial charge on any atom is 0.311 e. The van der Waals surface area contributed by atoms with Crippen LogP contribution in [-0.4, -0.2) is 140 Å². The SMILES string of the molecule is CC[C@H]1OC(=O)[C@H](C)[C@@H](O[C@H]2C[C@@](C)(OC)[C@@H](OC(C)=O)[C@H](C)O2)[C@H](C)[C@@H](O[C@@H]2O[C@H](C)C[C@H](N(C)C)[C@H]2O)[C@](C)(OC)C[C@@H](C)/C=C(/C)[C@@H](CC=O)[C@]1(C)O. The van der Waals surface area contributed by atoms with Crippen molar-refractivity contribution in [1.29, 1.82) is 0 Å². The smallest absolute Gasteiger partial charge is 0.311 e. The molecule has 0 unspecified atom stereocenters. The van der Waals surface area contributed by atoms with Crippen LogP contribution in [0.5, 0.6) is 0 Å². The highest BCUT2D eigenvalue weighted by molar-refractivity contribution is 5.73. The maximum absolute atomic E-state index is 14.4. The van der Waals surface area contributed by atoms with Gasteiger partial charge in [-0.05, 0) is 87.7 Å². The van der Waals surface area contributed by atoms with Gasteiger partial charge in [0.25, 0.3) is 0 Å². The Morgan fingerprint density at radius 3 is 2.14 bits per heavy atom. The fraction of sp³-hybridized carbons (Fsp3) is 0.881. The van der Waals surface area contributed by atoms with Crippen molar-refractivity contribution >= 4 is 18.2 Å².